The molecule has 5 rings (SSSR count). The Morgan fingerprint density at radius 3 is 2.07 bits per heavy atom. The molecule has 0 aromatic heterocycles. The van der Waals surface area contributed by atoms with Crippen molar-refractivity contribution in [2.75, 3.05) is 27.4 Å². The van der Waals surface area contributed by atoms with Gasteiger partial charge in [0, 0.05) is 71.6 Å². The predicted molar refractivity (Wildman–Crippen MR) is 181 cm³/mol. The highest BCUT2D eigenvalue weighted by Crippen LogP contribution is 2.55. The van der Waals surface area contributed by atoms with E-state index in [2.05, 4.69) is 61.2 Å². The van der Waals surface area contributed by atoms with Crippen LogP contribution in [0.4, 0.5) is 0 Å². The molecule has 0 radical (unpaired) electrons. The second-order valence-corrected chi connectivity index (χ2v) is 15.1. The summed E-state index contributed by atoms with van der Waals surface area (Å²) in [5.74, 6) is 1.01. The summed E-state index contributed by atoms with van der Waals surface area (Å²) in [7, 11) is 3.35. The summed E-state index contributed by atoms with van der Waals surface area (Å²) in [6, 6.07) is 12.1. The second kappa shape index (κ2) is 13.3. The van der Waals surface area contributed by atoms with Crippen LogP contribution in [0.2, 0.25) is 0 Å². The number of methoxy groups -OCH3 is 2. The lowest BCUT2D eigenvalue weighted by Crippen LogP contribution is -2.44. The number of Topliss-reactive ketones (excluding diaryl/α,β-unsaturated/α-hetero) is 2. The zero-order chi connectivity index (χ0) is 32.5. The van der Waals surface area contributed by atoms with Crippen LogP contribution in [0.25, 0.3) is 0 Å². The van der Waals surface area contributed by atoms with Crippen molar-refractivity contribution in [1.82, 2.24) is 4.90 Å². The maximum atomic E-state index is 14.2. The fourth-order valence-corrected chi connectivity index (χ4v) is 7.49. The van der Waals surface area contributed by atoms with Crippen LogP contribution in [0.15, 0.2) is 76.1 Å². The number of ether oxygens (including phenoxy) is 3. The predicted octanol–water partition coefficient (Wildman–Crippen LogP) is 8.49. The van der Waals surface area contributed by atoms with E-state index < -0.39 is 5.92 Å². The molecule has 1 aliphatic heterocycles. The summed E-state index contributed by atoms with van der Waals surface area (Å²) in [6.45, 7) is 14.4. The van der Waals surface area contributed by atoms with Crippen molar-refractivity contribution in [2.24, 2.45) is 10.8 Å². The number of allylic oxidation sites excluding steroid dienone is 5. The van der Waals surface area contributed by atoms with Crippen LogP contribution in [-0.2, 0) is 27.4 Å². The largest absolute Gasteiger partial charge is 0.493 e. The highest BCUT2D eigenvalue weighted by atomic mass is 79.9. The van der Waals surface area contributed by atoms with Gasteiger partial charge in [0.1, 0.15) is 6.61 Å². The molecule has 2 aliphatic carbocycles. The zero-order valence-electron chi connectivity index (χ0n) is 27.6. The van der Waals surface area contributed by atoms with E-state index in [0.29, 0.717) is 50.5 Å². The molecule has 7 heteroatoms. The molecule has 1 heterocycles. The van der Waals surface area contributed by atoms with Gasteiger partial charge < -0.3 is 19.1 Å². The third-order valence-corrected chi connectivity index (χ3v) is 9.65. The molecule has 6 nitrogen and oxygen atoms in total. The number of ketones is 2. The van der Waals surface area contributed by atoms with E-state index >= 15 is 0 Å². The first kappa shape index (κ1) is 33.2. The maximum Gasteiger partial charge on any atom is 0.165 e. The van der Waals surface area contributed by atoms with E-state index in [1.807, 2.05) is 36.4 Å². The molecule has 0 unspecified atom stereocenters. The molecule has 45 heavy (non-hydrogen) atoms. The minimum absolute atomic E-state index is 0.118. The Kier molecular flexibility index (Phi) is 9.81. The van der Waals surface area contributed by atoms with Crippen molar-refractivity contribution in [2.45, 2.75) is 78.7 Å². The molecule has 0 spiro atoms. The molecule has 0 N–H and O–H groups in total. The fraction of sp³-hybridized carbons (Fsp3) is 0.474. The summed E-state index contributed by atoms with van der Waals surface area (Å²) >= 11 is 3.49. The van der Waals surface area contributed by atoms with Crippen molar-refractivity contribution in [3.8, 4) is 11.5 Å². The summed E-state index contributed by atoms with van der Waals surface area (Å²) in [5, 5.41) is 0. The van der Waals surface area contributed by atoms with E-state index in [1.165, 1.54) is 0 Å². The third kappa shape index (κ3) is 7.00. The van der Waals surface area contributed by atoms with Crippen molar-refractivity contribution < 1.29 is 23.8 Å². The molecule has 0 saturated heterocycles. The van der Waals surface area contributed by atoms with Gasteiger partial charge in [0.25, 0.3) is 0 Å². The molecule has 3 aliphatic rings. The monoisotopic (exact) mass is 675 g/mol. The lowest BCUT2D eigenvalue weighted by atomic mass is 9.63. The topological polar surface area (TPSA) is 65.1 Å². The van der Waals surface area contributed by atoms with E-state index in [4.69, 9.17) is 14.2 Å². The number of halogens is 1. The Morgan fingerprint density at radius 2 is 1.53 bits per heavy atom. The third-order valence-electron chi connectivity index (χ3n) is 9.12. The quantitative estimate of drug-likeness (QED) is 0.176. The number of hydrogen-bond donors (Lipinski definition) is 0. The first-order valence-corrected chi connectivity index (χ1v) is 16.6. The van der Waals surface area contributed by atoms with Gasteiger partial charge in [-0.15, -0.1) is 6.58 Å². The number of rotatable bonds is 11. The van der Waals surface area contributed by atoms with Gasteiger partial charge in [-0.1, -0.05) is 67.9 Å². The smallest absolute Gasteiger partial charge is 0.165 e. The minimum Gasteiger partial charge on any atom is -0.493 e. The second-order valence-electron chi connectivity index (χ2n) is 14.2. The first-order chi connectivity index (χ1) is 21.4. The van der Waals surface area contributed by atoms with Crippen LogP contribution in [0.3, 0.4) is 0 Å². The average molecular weight is 677 g/mol. The molecule has 240 valence electrons. The molecule has 2 aromatic rings. The van der Waals surface area contributed by atoms with Gasteiger partial charge in [-0.3, -0.25) is 9.59 Å². The Hall–Kier alpha value is -3.16. The van der Waals surface area contributed by atoms with Gasteiger partial charge in [0.2, 0.25) is 0 Å². The van der Waals surface area contributed by atoms with Gasteiger partial charge in [0.15, 0.2) is 23.1 Å². The average Bonchev–Trinajstić information content (AvgIpc) is 2.96. The number of carbonyl (C=O) groups excluding carboxylic acids is 2. The van der Waals surface area contributed by atoms with Crippen LogP contribution in [0.5, 0.6) is 11.5 Å². The van der Waals surface area contributed by atoms with Crippen LogP contribution < -0.4 is 9.47 Å². The van der Waals surface area contributed by atoms with Gasteiger partial charge in [-0.25, -0.2) is 0 Å². The van der Waals surface area contributed by atoms with Crippen molar-refractivity contribution in [3.05, 3.63) is 92.8 Å². The Bertz CT molecular complexity index is 1490. The summed E-state index contributed by atoms with van der Waals surface area (Å²) in [5.41, 5.74) is 6.11. The lowest BCUT2D eigenvalue weighted by molar-refractivity contribution is -0.119. The molecular weight excluding hydrogens is 630 g/mol. The van der Waals surface area contributed by atoms with E-state index in [9.17, 15) is 9.59 Å². The standard InChI is InChI=1S/C38H46BrNO5/c1-8-10-25-17-26(18-32(44-7)36(25)45-23-24-11-13-27(39)14-12-24)33-34-28(19-37(2,3)21-30(34)41)40(15-9-16-43-6)29-20-38(4,5)22-31(42)35(29)33/h8,11-14,17-18,33H,1,9-10,15-16,19-23H2,2-7H3. The first-order valence-electron chi connectivity index (χ1n) is 15.9. The summed E-state index contributed by atoms with van der Waals surface area (Å²) in [6.07, 6.45) is 5.64. The number of benzene rings is 2. The van der Waals surface area contributed by atoms with E-state index in [0.717, 1.165) is 63.0 Å². The SMILES string of the molecule is C=CCc1cc(C2C3=C(CC(C)(C)CC3=O)N(CCCOC)C3=C2C(=O)CC(C)(C)C3)cc(OC)c1OCc1ccc(Br)cc1. The van der Waals surface area contributed by atoms with Crippen molar-refractivity contribution >= 4 is 27.5 Å². The number of carbonyl (C=O) groups is 2. The minimum atomic E-state index is -0.459. The molecular formula is C38H46BrNO5. The van der Waals surface area contributed by atoms with Crippen molar-refractivity contribution in [3.63, 3.8) is 0 Å². The Morgan fingerprint density at radius 1 is 0.933 bits per heavy atom. The number of hydrogen-bond acceptors (Lipinski definition) is 6. The summed E-state index contributed by atoms with van der Waals surface area (Å²) in [4.78, 5) is 30.7. The van der Waals surface area contributed by atoms with Gasteiger partial charge in [-0.2, -0.15) is 0 Å². The summed E-state index contributed by atoms with van der Waals surface area (Å²) < 4.78 is 18.8. The molecule has 0 bridgehead atoms. The van der Waals surface area contributed by atoms with Gasteiger partial charge in [0.05, 0.1) is 7.11 Å². The van der Waals surface area contributed by atoms with Crippen LogP contribution in [0, 0.1) is 10.8 Å². The maximum absolute atomic E-state index is 14.2. The van der Waals surface area contributed by atoms with E-state index in [1.54, 1.807) is 14.2 Å². The van der Waals surface area contributed by atoms with Crippen LogP contribution in [0.1, 0.15) is 82.4 Å². The highest BCUT2D eigenvalue weighted by Gasteiger charge is 2.49. The van der Waals surface area contributed by atoms with E-state index in [-0.39, 0.29) is 22.4 Å². The molecule has 0 fully saturated rings. The fourth-order valence-electron chi connectivity index (χ4n) is 7.23. The van der Waals surface area contributed by atoms with Gasteiger partial charge in [-0.05, 0) is 65.8 Å². The van der Waals surface area contributed by atoms with Crippen LogP contribution in [-0.4, -0.2) is 43.8 Å². The molecule has 2 aromatic carbocycles. The molecule has 0 amide bonds. The Balaban J connectivity index is 1.68. The van der Waals surface area contributed by atoms with Gasteiger partial charge >= 0.3 is 0 Å². The lowest BCUT2D eigenvalue weighted by Gasteiger charge is -2.49. The molecule has 0 saturated carbocycles. The molecule has 0 atom stereocenters. The van der Waals surface area contributed by atoms with Crippen LogP contribution >= 0.6 is 15.9 Å². The number of nitrogens with zero attached hydrogens (tertiary/aromatic N) is 1. The normalized spacial score (nSPS) is 19.4. The Labute approximate surface area is 276 Å². The zero-order valence-corrected chi connectivity index (χ0v) is 29.1. The van der Waals surface area contributed by atoms with Crippen molar-refractivity contribution in [1.29, 1.82) is 0 Å². The highest BCUT2D eigenvalue weighted by molar-refractivity contribution is 9.10.